The molecule has 92 valence electrons. The molecule has 0 aromatic heterocycles. The lowest BCUT2D eigenvalue weighted by Gasteiger charge is -2.21. The highest BCUT2D eigenvalue weighted by Gasteiger charge is 2.18. The van der Waals surface area contributed by atoms with Crippen LogP contribution in [0.2, 0.25) is 0 Å². The van der Waals surface area contributed by atoms with E-state index in [1.54, 1.807) is 34.6 Å². The van der Waals surface area contributed by atoms with Crippen LogP contribution in [0.3, 0.4) is 0 Å². The zero-order chi connectivity index (χ0) is 12.9. The standard InChI is InChI=1S/C11H19NO4/c1-7(2)8(6-9(13)14)12-10(15)16-11(3,4)5/h6-7H,1-5H3,(H,12,15)(H,13,14)/b8-6-. The highest BCUT2D eigenvalue weighted by atomic mass is 16.6. The first kappa shape index (κ1) is 14.5. The van der Waals surface area contributed by atoms with E-state index < -0.39 is 17.7 Å². The number of ether oxygens (including phenoxy) is 1. The number of amides is 1. The third kappa shape index (κ3) is 6.86. The van der Waals surface area contributed by atoms with E-state index in [4.69, 9.17) is 9.84 Å². The lowest BCUT2D eigenvalue weighted by molar-refractivity contribution is -0.131. The van der Waals surface area contributed by atoms with Gasteiger partial charge in [0.15, 0.2) is 0 Å². The van der Waals surface area contributed by atoms with Crippen LogP contribution in [0.1, 0.15) is 34.6 Å². The second kappa shape index (κ2) is 5.53. The first-order valence-corrected chi connectivity index (χ1v) is 5.06. The quantitative estimate of drug-likeness (QED) is 0.727. The molecule has 0 saturated heterocycles. The van der Waals surface area contributed by atoms with Gasteiger partial charge in [0.2, 0.25) is 0 Å². The van der Waals surface area contributed by atoms with Crippen molar-refractivity contribution in [2.75, 3.05) is 0 Å². The van der Waals surface area contributed by atoms with E-state index in [9.17, 15) is 9.59 Å². The van der Waals surface area contributed by atoms with Crippen LogP contribution in [0.4, 0.5) is 4.79 Å². The number of hydrogen-bond donors (Lipinski definition) is 2. The van der Waals surface area contributed by atoms with E-state index in [0.29, 0.717) is 5.70 Å². The minimum atomic E-state index is -1.10. The van der Waals surface area contributed by atoms with Gasteiger partial charge in [-0.1, -0.05) is 13.8 Å². The fourth-order valence-corrected chi connectivity index (χ4v) is 0.902. The van der Waals surface area contributed by atoms with Gasteiger partial charge in [0.1, 0.15) is 5.60 Å². The van der Waals surface area contributed by atoms with Crippen LogP contribution in [0.25, 0.3) is 0 Å². The number of carbonyl (C=O) groups excluding carboxylic acids is 1. The molecule has 0 radical (unpaired) electrons. The molecule has 5 heteroatoms. The Morgan fingerprint density at radius 2 is 1.81 bits per heavy atom. The number of rotatable bonds is 3. The summed E-state index contributed by atoms with van der Waals surface area (Å²) in [5.41, 5.74) is -0.281. The molecule has 0 aromatic rings. The lowest BCUT2D eigenvalue weighted by Crippen LogP contribution is -2.33. The fourth-order valence-electron chi connectivity index (χ4n) is 0.902. The summed E-state index contributed by atoms with van der Waals surface area (Å²) in [5.74, 6) is -1.19. The average Bonchev–Trinajstić information content (AvgIpc) is 1.97. The second-order valence-electron chi connectivity index (χ2n) is 4.72. The van der Waals surface area contributed by atoms with Gasteiger partial charge in [0.05, 0.1) is 0 Å². The largest absolute Gasteiger partial charge is 0.478 e. The molecular formula is C11H19NO4. The van der Waals surface area contributed by atoms with Gasteiger partial charge in [-0.2, -0.15) is 0 Å². The number of hydrogen-bond acceptors (Lipinski definition) is 3. The van der Waals surface area contributed by atoms with Crippen molar-refractivity contribution in [2.45, 2.75) is 40.2 Å². The van der Waals surface area contributed by atoms with Crippen molar-refractivity contribution in [1.82, 2.24) is 5.32 Å². The number of alkyl carbamates (subject to hydrolysis) is 1. The second-order valence-corrected chi connectivity index (χ2v) is 4.72. The fraction of sp³-hybridized carbons (Fsp3) is 0.636. The van der Waals surface area contributed by atoms with Gasteiger partial charge in [-0.15, -0.1) is 0 Å². The normalized spacial score (nSPS) is 12.5. The Labute approximate surface area is 95.5 Å². The molecule has 2 N–H and O–H groups in total. The summed E-state index contributed by atoms with van der Waals surface area (Å²) in [4.78, 5) is 21.9. The van der Waals surface area contributed by atoms with Crippen molar-refractivity contribution < 1.29 is 19.4 Å². The molecule has 0 rings (SSSR count). The Morgan fingerprint density at radius 1 is 1.31 bits per heavy atom. The maximum absolute atomic E-state index is 11.4. The van der Waals surface area contributed by atoms with Crippen LogP contribution < -0.4 is 5.32 Å². The summed E-state index contributed by atoms with van der Waals surface area (Å²) in [6, 6.07) is 0. The number of nitrogens with one attached hydrogen (secondary N) is 1. The Hall–Kier alpha value is -1.52. The van der Waals surface area contributed by atoms with Crippen LogP contribution >= 0.6 is 0 Å². The van der Waals surface area contributed by atoms with Crippen LogP contribution in [-0.4, -0.2) is 22.8 Å². The molecule has 0 aliphatic heterocycles. The van der Waals surface area contributed by atoms with Gasteiger partial charge >= 0.3 is 12.1 Å². The Balaban J connectivity index is 4.55. The van der Waals surface area contributed by atoms with Crippen molar-refractivity contribution in [2.24, 2.45) is 5.92 Å². The van der Waals surface area contributed by atoms with Gasteiger partial charge < -0.3 is 9.84 Å². The number of carboxylic acids is 1. The Kier molecular flexibility index (Phi) is 5.01. The number of allylic oxidation sites excluding steroid dienone is 1. The van der Waals surface area contributed by atoms with Crippen molar-refractivity contribution in [3.8, 4) is 0 Å². The van der Waals surface area contributed by atoms with Crippen molar-refractivity contribution in [3.63, 3.8) is 0 Å². The summed E-state index contributed by atoms with van der Waals surface area (Å²) >= 11 is 0. The van der Waals surface area contributed by atoms with Crippen LogP contribution in [0.5, 0.6) is 0 Å². The lowest BCUT2D eigenvalue weighted by atomic mass is 10.1. The van der Waals surface area contributed by atoms with Gasteiger partial charge in [-0.25, -0.2) is 9.59 Å². The average molecular weight is 229 g/mol. The van der Waals surface area contributed by atoms with Gasteiger partial charge in [0.25, 0.3) is 0 Å². The van der Waals surface area contributed by atoms with Gasteiger partial charge in [-0.3, -0.25) is 5.32 Å². The minimum Gasteiger partial charge on any atom is -0.478 e. The van der Waals surface area contributed by atoms with Gasteiger partial charge in [0, 0.05) is 11.8 Å². The molecule has 1 amide bonds. The highest BCUT2D eigenvalue weighted by Crippen LogP contribution is 2.10. The topological polar surface area (TPSA) is 75.6 Å². The Bertz CT molecular complexity index is 300. The molecule has 0 fully saturated rings. The Morgan fingerprint density at radius 3 is 2.12 bits per heavy atom. The molecular weight excluding hydrogens is 210 g/mol. The van der Waals surface area contributed by atoms with E-state index in [2.05, 4.69) is 5.32 Å². The summed E-state index contributed by atoms with van der Waals surface area (Å²) in [7, 11) is 0. The molecule has 0 atom stereocenters. The molecule has 0 spiro atoms. The van der Waals surface area contributed by atoms with Crippen LogP contribution in [0.15, 0.2) is 11.8 Å². The highest BCUT2D eigenvalue weighted by molar-refractivity contribution is 5.82. The molecule has 0 bridgehead atoms. The van der Waals surface area contributed by atoms with Crippen LogP contribution in [0, 0.1) is 5.92 Å². The number of carbonyl (C=O) groups is 2. The predicted octanol–water partition coefficient (Wildman–Crippen LogP) is 2.14. The van der Waals surface area contributed by atoms with E-state index in [1.165, 1.54) is 0 Å². The molecule has 0 aliphatic carbocycles. The molecule has 0 saturated carbocycles. The maximum Gasteiger partial charge on any atom is 0.411 e. The van der Waals surface area contributed by atoms with Crippen molar-refractivity contribution >= 4 is 12.1 Å². The predicted molar refractivity (Wildman–Crippen MR) is 59.9 cm³/mol. The summed E-state index contributed by atoms with van der Waals surface area (Å²) in [5, 5.41) is 11.0. The van der Waals surface area contributed by atoms with Crippen molar-refractivity contribution in [1.29, 1.82) is 0 Å². The molecule has 5 nitrogen and oxygen atoms in total. The number of carboxylic acid groups (broad SMARTS) is 1. The minimum absolute atomic E-state index is 0.0939. The van der Waals surface area contributed by atoms with E-state index in [0.717, 1.165) is 6.08 Å². The smallest absolute Gasteiger partial charge is 0.411 e. The third-order valence-corrected chi connectivity index (χ3v) is 1.55. The first-order chi connectivity index (χ1) is 7.11. The van der Waals surface area contributed by atoms with Crippen molar-refractivity contribution in [3.05, 3.63) is 11.8 Å². The summed E-state index contributed by atoms with van der Waals surface area (Å²) in [6.45, 7) is 8.78. The summed E-state index contributed by atoms with van der Waals surface area (Å²) in [6.07, 6.45) is 0.322. The maximum atomic E-state index is 11.4. The van der Waals surface area contributed by atoms with Crippen LogP contribution in [-0.2, 0) is 9.53 Å². The third-order valence-electron chi connectivity index (χ3n) is 1.55. The zero-order valence-electron chi connectivity index (χ0n) is 10.3. The molecule has 0 heterocycles. The molecule has 0 unspecified atom stereocenters. The zero-order valence-corrected chi connectivity index (χ0v) is 10.3. The van der Waals surface area contributed by atoms with Gasteiger partial charge in [-0.05, 0) is 26.7 Å². The molecule has 0 aliphatic rings. The molecule has 16 heavy (non-hydrogen) atoms. The summed E-state index contributed by atoms with van der Waals surface area (Å²) < 4.78 is 5.02. The first-order valence-electron chi connectivity index (χ1n) is 5.06. The number of aliphatic carboxylic acids is 1. The SMILES string of the molecule is CC(C)/C(=C/C(=O)O)NC(=O)OC(C)(C)C. The van der Waals surface area contributed by atoms with E-state index in [1.807, 2.05) is 0 Å². The van der Waals surface area contributed by atoms with E-state index in [-0.39, 0.29) is 5.92 Å². The monoisotopic (exact) mass is 229 g/mol. The molecule has 0 aromatic carbocycles. The van der Waals surface area contributed by atoms with E-state index >= 15 is 0 Å².